The van der Waals surface area contributed by atoms with Gasteiger partial charge >= 0.3 is 5.97 Å². The number of nitrogens with zero attached hydrogens (tertiary/aromatic N) is 1. The number of rotatable bonds is 8. The van der Waals surface area contributed by atoms with E-state index in [0.29, 0.717) is 48.9 Å². The summed E-state index contributed by atoms with van der Waals surface area (Å²) < 4.78 is 11.3. The van der Waals surface area contributed by atoms with E-state index < -0.39 is 5.41 Å². The quantitative estimate of drug-likeness (QED) is 0.456. The Morgan fingerprint density at radius 3 is 2.68 bits per heavy atom. The highest BCUT2D eigenvalue weighted by atomic mass is 35.5. The summed E-state index contributed by atoms with van der Waals surface area (Å²) in [7, 11) is 0. The van der Waals surface area contributed by atoms with Crippen LogP contribution >= 0.6 is 11.6 Å². The first-order valence-corrected chi connectivity index (χ1v) is 10.6. The van der Waals surface area contributed by atoms with Gasteiger partial charge in [-0.05, 0) is 64.7 Å². The van der Waals surface area contributed by atoms with Crippen molar-refractivity contribution in [2.45, 2.75) is 59.0 Å². The van der Waals surface area contributed by atoms with Crippen molar-refractivity contribution >= 4 is 17.6 Å². The first-order valence-electron chi connectivity index (χ1n) is 10.2. The molecule has 0 N–H and O–H groups in total. The van der Waals surface area contributed by atoms with Gasteiger partial charge in [0.25, 0.3) is 0 Å². The van der Waals surface area contributed by atoms with E-state index in [1.807, 2.05) is 18.2 Å². The molecular formula is C23H32ClNO3. The summed E-state index contributed by atoms with van der Waals surface area (Å²) >= 11 is 6.49. The first-order chi connectivity index (χ1) is 13.2. The number of benzene rings is 1. The van der Waals surface area contributed by atoms with Gasteiger partial charge in [-0.25, -0.2) is 0 Å². The van der Waals surface area contributed by atoms with Crippen molar-refractivity contribution < 1.29 is 14.3 Å². The molecule has 154 valence electrons. The topological polar surface area (TPSA) is 38.8 Å². The molecule has 1 aliphatic heterocycles. The van der Waals surface area contributed by atoms with Crippen LogP contribution in [0.4, 0.5) is 0 Å². The molecule has 0 spiro atoms. The Bertz CT molecular complexity index is 737. The Morgan fingerprint density at radius 2 is 2.04 bits per heavy atom. The Kier molecular flexibility index (Phi) is 6.41. The third-order valence-corrected chi connectivity index (χ3v) is 6.45. The van der Waals surface area contributed by atoms with Crippen molar-refractivity contribution in [3.05, 3.63) is 40.9 Å². The van der Waals surface area contributed by atoms with Gasteiger partial charge in [0.2, 0.25) is 0 Å². The molecule has 0 bridgehead atoms. The number of halogens is 1. The summed E-state index contributed by atoms with van der Waals surface area (Å²) in [6, 6.07) is 6.81. The molecule has 2 aliphatic rings. The molecule has 4 nitrogen and oxygen atoms in total. The van der Waals surface area contributed by atoms with Crippen LogP contribution in [0.15, 0.2) is 30.4 Å². The Labute approximate surface area is 173 Å². The molecule has 2 fully saturated rings. The van der Waals surface area contributed by atoms with Crippen LogP contribution in [0, 0.1) is 11.3 Å². The van der Waals surface area contributed by atoms with Gasteiger partial charge in [0.15, 0.2) is 0 Å². The van der Waals surface area contributed by atoms with Crippen LogP contribution in [-0.4, -0.2) is 42.7 Å². The van der Waals surface area contributed by atoms with Gasteiger partial charge in [0.1, 0.15) is 12.4 Å². The van der Waals surface area contributed by atoms with Crippen LogP contribution in [-0.2, 0) is 16.0 Å². The minimum atomic E-state index is -0.460. The van der Waals surface area contributed by atoms with E-state index in [1.54, 1.807) is 0 Å². The van der Waals surface area contributed by atoms with Crippen LogP contribution in [0.5, 0.6) is 5.75 Å². The highest BCUT2D eigenvalue weighted by Gasteiger charge is 2.55. The van der Waals surface area contributed by atoms with Crippen molar-refractivity contribution in [3.63, 3.8) is 0 Å². The van der Waals surface area contributed by atoms with Crippen molar-refractivity contribution in [3.8, 4) is 5.75 Å². The minimum absolute atomic E-state index is 0.0879. The molecule has 1 aromatic carbocycles. The highest BCUT2D eigenvalue weighted by molar-refractivity contribution is 6.32. The standard InChI is InChI=1S/C23H32ClNO3/c1-15(2)25(16(3)4)8-9-27-21-7-6-18(11-20(21)24)13-23-12-17(5)10-19(23)14-28-22(23)26/h6-7,11,15-16,19H,5,8-10,12-14H2,1-4H3. The smallest absolute Gasteiger partial charge is 0.313 e. The lowest BCUT2D eigenvalue weighted by molar-refractivity contribution is -0.146. The van der Waals surface area contributed by atoms with Gasteiger partial charge in [-0.15, -0.1) is 0 Å². The van der Waals surface area contributed by atoms with E-state index in [-0.39, 0.29) is 11.9 Å². The molecule has 1 saturated heterocycles. The molecule has 1 aromatic rings. The number of carbonyl (C=O) groups is 1. The fourth-order valence-corrected chi connectivity index (χ4v) is 5.03. The molecule has 0 radical (unpaired) electrons. The molecule has 1 aliphatic carbocycles. The Hall–Kier alpha value is -1.52. The first kappa shape index (κ1) is 21.2. The van der Waals surface area contributed by atoms with E-state index >= 15 is 0 Å². The zero-order valence-electron chi connectivity index (χ0n) is 17.5. The molecule has 3 rings (SSSR count). The fourth-order valence-electron chi connectivity index (χ4n) is 4.77. The number of fused-ring (bicyclic) bond motifs is 1. The van der Waals surface area contributed by atoms with Crippen LogP contribution in [0.1, 0.15) is 46.1 Å². The van der Waals surface area contributed by atoms with Crippen LogP contribution < -0.4 is 4.74 Å². The zero-order valence-corrected chi connectivity index (χ0v) is 18.2. The number of hydrogen-bond acceptors (Lipinski definition) is 4. The lowest BCUT2D eigenvalue weighted by Gasteiger charge is -2.30. The number of esters is 1. The number of ether oxygens (including phenoxy) is 2. The average Bonchev–Trinajstić information content (AvgIpc) is 3.07. The second-order valence-electron chi connectivity index (χ2n) is 8.80. The van der Waals surface area contributed by atoms with Crippen molar-refractivity contribution in [1.29, 1.82) is 0 Å². The molecule has 0 aromatic heterocycles. The van der Waals surface area contributed by atoms with E-state index in [0.717, 1.165) is 24.1 Å². The maximum Gasteiger partial charge on any atom is 0.313 e. The fraction of sp³-hybridized carbons (Fsp3) is 0.609. The van der Waals surface area contributed by atoms with Crippen molar-refractivity contribution in [1.82, 2.24) is 4.90 Å². The normalized spacial score (nSPS) is 24.4. The molecular weight excluding hydrogens is 374 g/mol. The second kappa shape index (κ2) is 8.46. The molecule has 5 heteroatoms. The minimum Gasteiger partial charge on any atom is -0.491 e. The monoisotopic (exact) mass is 405 g/mol. The molecule has 2 atom stereocenters. The molecule has 0 amide bonds. The second-order valence-corrected chi connectivity index (χ2v) is 9.20. The van der Waals surface area contributed by atoms with Crippen molar-refractivity contribution in [2.24, 2.45) is 11.3 Å². The SMILES string of the molecule is C=C1CC2COC(=O)C2(Cc2ccc(OCCN(C(C)C)C(C)C)c(Cl)c2)C1. The van der Waals surface area contributed by atoms with Gasteiger partial charge in [0.05, 0.1) is 17.0 Å². The third kappa shape index (κ3) is 4.23. The predicted molar refractivity (Wildman–Crippen MR) is 113 cm³/mol. The highest BCUT2D eigenvalue weighted by Crippen LogP contribution is 2.52. The van der Waals surface area contributed by atoms with Crippen LogP contribution in [0.2, 0.25) is 5.02 Å². The molecule has 1 saturated carbocycles. The summed E-state index contributed by atoms with van der Waals surface area (Å²) in [6.45, 7) is 14.8. The number of hydrogen-bond donors (Lipinski definition) is 0. The Morgan fingerprint density at radius 1 is 1.32 bits per heavy atom. The van der Waals surface area contributed by atoms with Crippen LogP contribution in [0.25, 0.3) is 0 Å². The van der Waals surface area contributed by atoms with Gasteiger partial charge in [-0.3, -0.25) is 9.69 Å². The third-order valence-electron chi connectivity index (χ3n) is 6.15. The van der Waals surface area contributed by atoms with E-state index in [2.05, 4.69) is 39.2 Å². The summed E-state index contributed by atoms with van der Waals surface area (Å²) in [5, 5.41) is 0.592. The summed E-state index contributed by atoms with van der Waals surface area (Å²) in [5.74, 6) is 0.840. The number of allylic oxidation sites excluding steroid dienone is 1. The van der Waals surface area contributed by atoms with Crippen molar-refractivity contribution in [2.75, 3.05) is 19.8 Å². The average molecular weight is 406 g/mol. The summed E-state index contributed by atoms with van der Waals surface area (Å²) in [4.78, 5) is 14.9. The van der Waals surface area contributed by atoms with Gasteiger partial charge in [0, 0.05) is 24.5 Å². The zero-order chi connectivity index (χ0) is 20.5. The van der Waals surface area contributed by atoms with Gasteiger partial charge in [-0.2, -0.15) is 0 Å². The van der Waals surface area contributed by atoms with Gasteiger partial charge in [-0.1, -0.05) is 29.8 Å². The number of carbonyl (C=O) groups excluding carboxylic acids is 1. The molecule has 1 heterocycles. The maximum atomic E-state index is 12.5. The van der Waals surface area contributed by atoms with E-state index in [4.69, 9.17) is 21.1 Å². The lowest BCUT2D eigenvalue weighted by atomic mass is 9.75. The lowest BCUT2D eigenvalue weighted by Crippen LogP contribution is -2.39. The maximum absolute atomic E-state index is 12.5. The van der Waals surface area contributed by atoms with Crippen LogP contribution in [0.3, 0.4) is 0 Å². The van der Waals surface area contributed by atoms with E-state index in [9.17, 15) is 4.79 Å². The predicted octanol–water partition coefficient (Wildman–Crippen LogP) is 4.89. The molecule has 28 heavy (non-hydrogen) atoms. The largest absolute Gasteiger partial charge is 0.491 e. The Balaban J connectivity index is 1.64. The molecule has 2 unspecified atom stereocenters. The summed E-state index contributed by atoms with van der Waals surface area (Å²) in [6.07, 6.45) is 2.24. The van der Waals surface area contributed by atoms with E-state index in [1.165, 1.54) is 0 Å². The number of cyclic esters (lactones) is 1. The van der Waals surface area contributed by atoms with Gasteiger partial charge < -0.3 is 9.47 Å². The summed E-state index contributed by atoms with van der Waals surface area (Å²) in [5.41, 5.74) is 1.73.